The van der Waals surface area contributed by atoms with Gasteiger partial charge in [0.25, 0.3) is 0 Å². The van der Waals surface area contributed by atoms with Crippen LogP contribution in [0.1, 0.15) is 43.7 Å². The van der Waals surface area contributed by atoms with Crippen molar-refractivity contribution in [2.45, 2.75) is 45.2 Å². The van der Waals surface area contributed by atoms with Gasteiger partial charge in [-0.1, -0.05) is 38.1 Å². The van der Waals surface area contributed by atoms with Crippen molar-refractivity contribution in [2.24, 2.45) is 0 Å². The van der Waals surface area contributed by atoms with E-state index in [4.69, 9.17) is 0 Å². The van der Waals surface area contributed by atoms with Crippen molar-refractivity contribution in [2.75, 3.05) is 26.2 Å². The van der Waals surface area contributed by atoms with Crippen molar-refractivity contribution in [1.82, 2.24) is 15.1 Å². The number of nitrogens with one attached hydrogen (secondary N) is 1. The molecule has 5 nitrogen and oxygen atoms in total. The Kier molecular flexibility index (Phi) is 5.19. The molecule has 1 N–H and O–H groups in total. The molecule has 2 fully saturated rings. The van der Waals surface area contributed by atoms with Crippen LogP contribution in [0.5, 0.6) is 0 Å². The molecule has 1 aromatic rings. The molecule has 130 valence electrons. The summed E-state index contributed by atoms with van der Waals surface area (Å²) in [6.45, 7) is 8.61. The van der Waals surface area contributed by atoms with Gasteiger partial charge in [-0.15, -0.1) is 0 Å². The average Bonchev–Trinajstić information content (AvgIpc) is 3.02. The maximum Gasteiger partial charge on any atom is 0.245 e. The number of rotatable bonds is 4. The van der Waals surface area contributed by atoms with Crippen molar-refractivity contribution >= 4 is 11.8 Å². The molecule has 0 spiro atoms. The summed E-state index contributed by atoms with van der Waals surface area (Å²) >= 11 is 0. The zero-order valence-electron chi connectivity index (χ0n) is 14.6. The molecule has 1 aromatic carbocycles. The number of hydrogen-bond acceptors (Lipinski definition) is 3. The van der Waals surface area contributed by atoms with Gasteiger partial charge in [-0.2, -0.15) is 0 Å². The van der Waals surface area contributed by atoms with Crippen molar-refractivity contribution in [3.63, 3.8) is 0 Å². The van der Waals surface area contributed by atoms with Crippen LogP contribution in [-0.2, 0) is 16.1 Å². The van der Waals surface area contributed by atoms with Crippen molar-refractivity contribution < 1.29 is 9.59 Å². The number of amides is 2. The van der Waals surface area contributed by atoms with Crippen LogP contribution in [0, 0.1) is 0 Å². The summed E-state index contributed by atoms with van der Waals surface area (Å²) in [5.74, 6) is 0.642. The van der Waals surface area contributed by atoms with Gasteiger partial charge < -0.3 is 10.2 Å². The maximum atomic E-state index is 12.4. The molecule has 0 aromatic heterocycles. The molecule has 3 rings (SSSR count). The van der Waals surface area contributed by atoms with Crippen molar-refractivity contribution in [3.8, 4) is 0 Å². The molecule has 24 heavy (non-hydrogen) atoms. The molecule has 5 heteroatoms. The molecule has 0 unspecified atom stereocenters. The Morgan fingerprint density at radius 2 is 1.83 bits per heavy atom. The lowest BCUT2D eigenvalue weighted by atomic mass is 10.0. The first-order valence-corrected chi connectivity index (χ1v) is 8.92. The third kappa shape index (κ3) is 3.96. The monoisotopic (exact) mass is 329 g/mol. The minimum atomic E-state index is -0.298. The zero-order valence-corrected chi connectivity index (χ0v) is 14.6. The smallest absolute Gasteiger partial charge is 0.245 e. The van der Waals surface area contributed by atoms with Crippen LogP contribution in [0.15, 0.2) is 24.3 Å². The van der Waals surface area contributed by atoms with Gasteiger partial charge in [0.05, 0.1) is 0 Å². The summed E-state index contributed by atoms with van der Waals surface area (Å²) in [4.78, 5) is 28.0. The lowest BCUT2D eigenvalue weighted by Gasteiger charge is -2.35. The van der Waals surface area contributed by atoms with E-state index in [0.29, 0.717) is 18.8 Å². The molecule has 2 aliphatic heterocycles. The fourth-order valence-electron chi connectivity index (χ4n) is 3.41. The van der Waals surface area contributed by atoms with Gasteiger partial charge in [0.2, 0.25) is 11.8 Å². The second kappa shape index (κ2) is 7.34. The fraction of sp³-hybridized carbons (Fsp3) is 0.579. The van der Waals surface area contributed by atoms with E-state index in [-0.39, 0.29) is 17.9 Å². The summed E-state index contributed by atoms with van der Waals surface area (Å²) < 4.78 is 0. The van der Waals surface area contributed by atoms with Crippen LogP contribution in [0.3, 0.4) is 0 Å². The Hall–Kier alpha value is -1.88. The summed E-state index contributed by atoms with van der Waals surface area (Å²) in [5, 5.41) is 2.77. The highest BCUT2D eigenvalue weighted by Gasteiger charge is 2.32. The Morgan fingerprint density at radius 3 is 2.38 bits per heavy atom. The van der Waals surface area contributed by atoms with Crippen LogP contribution in [0.25, 0.3) is 0 Å². The lowest BCUT2D eigenvalue weighted by Crippen LogP contribution is -2.53. The first kappa shape index (κ1) is 17.0. The molecule has 2 heterocycles. The topological polar surface area (TPSA) is 52.7 Å². The molecule has 0 bridgehead atoms. The zero-order chi connectivity index (χ0) is 17.1. The summed E-state index contributed by atoms with van der Waals surface area (Å²) in [5.41, 5.74) is 2.69. The normalized spacial score (nSPS) is 22.0. The van der Waals surface area contributed by atoms with Gasteiger partial charge in [0.1, 0.15) is 6.04 Å². The van der Waals surface area contributed by atoms with Gasteiger partial charge in [0.15, 0.2) is 0 Å². The number of hydrogen-bond donors (Lipinski definition) is 1. The standard InChI is InChI=1S/C19H27N3O2/c1-14(2)16-5-3-15(4-6-16)13-21-9-11-22(12-10-21)19(24)17-7-8-18(23)20-17/h3-6,14,17H,7-13H2,1-2H3,(H,20,23)/t17-/m1/s1. The highest BCUT2D eigenvalue weighted by molar-refractivity contribution is 5.90. The summed E-state index contributed by atoms with van der Waals surface area (Å²) in [6, 6.07) is 8.54. The van der Waals surface area contributed by atoms with E-state index in [9.17, 15) is 9.59 Å². The van der Waals surface area contributed by atoms with Gasteiger partial charge in [-0.05, 0) is 23.5 Å². The molecule has 2 saturated heterocycles. The van der Waals surface area contributed by atoms with E-state index in [1.54, 1.807) is 0 Å². The summed E-state index contributed by atoms with van der Waals surface area (Å²) in [6.07, 6.45) is 1.11. The highest BCUT2D eigenvalue weighted by Crippen LogP contribution is 2.17. The Bertz CT molecular complexity index is 589. The lowest BCUT2D eigenvalue weighted by molar-refractivity contribution is -0.136. The van der Waals surface area contributed by atoms with E-state index < -0.39 is 0 Å². The second-order valence-electron chi connectivity index (χ2n) is 7.16. The largest absolute Gasteiger partial charge is 0.344 e. The highest BCUT2D eigenvalue weighted by atomic mass is 16.2. The van der Waals surface area contributed by atoms with Crippen LogP contribution in [-0.4, -0.2) is 53.8 Å². The van der Waals surface area contributed by atoms with Crippen LogP contribution in [0.4, 0.5) is 0 Å². The molecule has 2 aliphatic rings. The van der Waals surface area contributed by atoms with Gasteiger partial charge in [-0.3, -0.25) is 14.5 Å². The van der Waals surface area contributed by atoms with Gasteiger partial charge >= 0.3 is 0 Å². The minimum absolute atomic E-state index is 0.00293. The number of piperazine rings is 1. The number of carbonyl (C=O) groups is 2. The van der Waals surface area contributed by atoms with Crippen molar-refractivity contribution in [3.05, 3.63) is 35.4 Å². The predicted molar refractivity (Wildman–Crippen MR) is 93.6 cm³/mol. The fourth-order valence-corrected chi connectivity index (χ4v) is 3.41. The van der Waals surface area contributed by atoms with Crippen molar-refractivity contribution in [1.29, 1.82) is 0 Å². The maximum absolute atomic E-state index is 12.4. The summed E-state index contributed by atoms with van der Waals surface area (Å²) in [7, 11) is 0. The van der Waals surface area contributed by atoms with E-state index >= 15 is 0 Å². The molecule has 0 saturated carbocycles. The van der Waals surface area contributed by atoms with Crippen LogP contribution in [0.2, 0.25) is 0 Å². The number of benzene rings is 1. The van der Waals surface area contributed by atoms with Crippen LogP contribution >= 0.6 is 0 Å². The van der Waals surface area contributed by atoms with E-state index in [2.05, 4.69) is 48.3 Å². The van der Waals surface area contributed by atoms with E-state index in [1.807, 2.05) is 4.90 Å². The predicted octanol–water partition coefficient (Wildman–Crippen LogP) is 1.73. The van der Waals surface area contributed by atoms with Crippen LogP contribution < -0.4 is 5.32 Å². The third-order valence-electron chi connectivity index (χ3n) is 5.03. The third-order valence-corrected chi connectivity index (χ3v) is 5.03. The molecular formula is C19H27N3O2. The molecular weight excluding hydrogens is 302 g/mol. The second-order valence-corrected chi connectivity index (χ2v) is 7.16. The molecule has 0 radical (unpaired) electrons. The first-order chi connectivity index (χ1) is 11.5. The SMILES string of the molecule is CC(C)c1ccc(CN2CCN(C(=O)[C@H]3CCC(=O)N3)CC2)cc1. The van der Waals surface area contributed by atoms with Gasteiger partial charge in [-0.25, -0.2) is 0 Å². The quantitative estimate of drug-likeness (QED) is 0.915. The molecule has 2 amide bonds. The molecule has 0 aliphatic carbocycles. The Labute approximate surface area is 144 Å². The van der Waals surface area contributed by atoms with E-state index in [1.165, 1.54) is 11.1 Å². The number of nitrogens with zero attached hydrogens (tertiary/aromatic N) is 2. The number of carbonyl (C=O) groups excluding carboxylic acids is 2. The average molecular weight is 329 g/mol. The van der Waals surface area contributed by atoms with E-state index in [0.717, 1.165) is 32.7 Å². The Morgan fingerprint density at radius 1 is 1.17 bits per heavy atom. The molecule has 1 atom stereocenters. The van der Waals surface area contributed by atoms with Gasteiger partial charge in [0, 0.05) is 39.1 Å². The Balaban J connectivity index is 1.48. The minimum Gasteiger partial charge on any atom is -0.344 e. The first-order valence-electron chi connectivity index (χ1n) is 8.92.